The van der Waals surface area contributed by atoms with Crippen LogP contribution in [0.2, 0.25) is 0 Å². The highest BCUT2D eigenvalue weighted by atomic mass is 19.1. The Morgan fingerprint density at radius 1 is 1.27 bits per heavy atom. The normalized spacial score (nSPS) is 21.0. The Balaban J connectivity index is 1.39. The molecule has 6 nitrogen and oxygen atoms in total. The maximum Gasteiger partial charge on any atom is 0.251 e. The summed E-state index contributed by atoms with van der Waals surface area (Å²) in [6.07, 6.45) is 1.48. The van der Waals surface area contributed by atoms with Gasteiger partial charge in [-0.3, -0.25) is 14.5 Å². The zero-order chi connectivity index (χ0) is 18.5. The third-order valence-corrected chi connectivity index (χ3v) is 4.97. The average Bonchev–Trinajstić information content (AvgIpc) is 3.17. The largest absolute Gasteiger partial charge is 0.368 e. The summed E-state index contributed by atoms with van der Waals surface area (Å²) < 4.78 is 18.7. The molecule has 2 saturated heterocycles. The van der Waals surface area contributed by atoms with Crippen LogP contribution in [-0.2, 0) is 20.9 Å². The molecule has 1 atom stereocenters. The number of piperazine rings is 1. The number of aryl methyl sites for hydroxylation is 1. The van der Waals surface area contributed by atoms with Crippen LogP contribution >= 0.6 is 0 Å². The van der Waals surface area contributed by atoms with Crippen molar-refractivity contribution in [1.82, 2.24) is 15.1 Å². The molecule has 0 saturated carbocycles. The van der Waals surface area contributed by atoms with Gasteiger partial charge in [-0.25, -0.2) is 4.39 Å². The lowest BCUT2D eigenvalue weighted by atomic mass is 10.1. The highest BCUT2D eigenvalue weighted by Gasteiger charge is 2.30. The minimum absolute atomic E-state index is 0.0640. The second-order valence-corrected chi connectivity index (χ2v) is 6.96. The quantitative estimate of drug-likeness (QED) is 0.850. The van der Waals surface area contributed by atoms with Crippen molar-refractivity contribution in [2.45, 2.75) is 32.4 Å². The number of halogens is 1. The molecule has 2 fully saturated rings. The van der Waals surface area contributed by atoms with Gasteiger partial charge < -0.3 is 15.0 Å². The minimum atomic E-state index is -0.274. The Kier molecular flexibility index (Phi) is 6.21. The molecule has 2 amide bonds. The summed E-state index contributed by atoms with van der Waals surface area (Å²) in [7, 11) is 0. The van der Waals surface area contributed by atoms with Crippen LogP contribution in [0.25, 0.3) is 0 Å². The molecule has 2 aliphatic heterocycles. The Labute approximate surface area is 153 Å². The highest BCUT2D eigenvalue weighted by Crippen LogP contribution is 2.16. The molecule has 0 radical (unpaired) electrons. The first-order valence-corrected chi connectivity index (χ1v) is 9.17. The molecule has 0 bridgehead atoms. The number of hydrogen-bond donors (Lipinski definition) is 1. The van der Waals surface area contributed by atoms with Gasteiger partial charge in [0.05, 0.1) is 6.54 Å². The SMILES string of the molecule is Cc1cc(CNC(=O)CN2CCN(C(=O)C3CCCO3)CC2)ccc1F. The van der Waals surface area contributed by atoms with E-state index >= 15 is 0 Å². The zero-order valence-electron chi connectivity index (χ0n) is 15.2. The van der Waals surface area contributed by atoms with E-state index in [1.165, 1.54) is 6.07 Å². The Bertz CT molecular complexity index is 653. The van der Waals surface area contributed by atoms with Gasteiger partial charge in [0.2, 0.25) is 5.91 Å². The molecular weight excluding hydrogens is 337 g/mol. The minimum Gasteiger partial charge on any atom is -0.368 e. The number of nitrogens with zero attached hydrogens (tertiary/aromatic N) is 2. The maximum absolute atomic E-state index is 13.3. The summed E-state index contributed by atoms with van der Waals surface area (Å²) in [5, 5.41) is 2.87. The molecule has 0 spiro atoms. The van der Waals surface area contributed by atoms with Gasteiger partial charge in [-0.1, -0.05) is 12.1 Å². The maximum atomic E-state index is 13.3. The second kappa shape index (κ2) is 8.60. The lowest BCUT2D eigenvalue weighted by Crippen LogP contribution is -2.53. The van der Waals surface area contributed by atoms with Crippen molar-refractivity contribution in [2.75, 3.05) is 39.3 Å². The van der Waals surface area contributed by atoms with E-state index in [0.717, 1.165) is 18.4 Å². The summed E-state index contributed by atoms with van der Waals surface area (Å²) in [4.78, 5) is 28.3. The molecule has 1 unspecified atom stereocenters. The van der Waals surface area contributed by atoms with Crippen LogP contribution in [0.4, 0.5) is 4.39 Å². The smallest absolute Gasteiger partial charge is 0.251 e. The molecule has 3 rings (SSSR count). The molecule has 2 heterocycles. The number of carbonyl (C=O) groups excluding carboxylic acids is 2. The first-order valence-electron chi connectivity index (χ1n) is 9.17. The van der Waals surface area contributed by atoms with Crippen LogP contribution in [0.3, 0.4) is 0 Å². The van der Waals surface area contributed by atoms with Gasteiger partial charge in [0, 0.05) is 39.3 Å². The number of rotatable bonds is 5. The van der Waals surface area contributed by atoms with Crippen molar-refractivity contribution in [2.24, 2.45) is 0 Å². The number of benzene rings is 1. The second-order valence-electron chi connectivity index (χ2n) is 6.96. The zero-order valence-corrected chi connectivity index (χ0v) is 15.2. The number of amides is 2. The summed E-state index contributed by atoms with van der Waals surface area (Å²) in [5.74, 6) is -0.223. The van der Waals surface area contributed by atoms with Gasteiger partial charge in [0.1, 0.15) is 11.9 Å². The van der Waals surface area contributed by atoms with E-state index in [0.29, 0.717) is 51.4 Å². The number of carbonyl (C=O) groups is 2. The van der Waals surface area contributed by atoms with E-state index in [1.54, 1.807) is 19.1 Å². The topological polar surface area (TPSA) is 61.9 Å². The van der Waals surface area contributed by atoms with Crippen LogP contribution in [0.5, 0.6) is 0 Å². The highest BCUT2D eigenvalue weighted by molar-refractivity contribution is 5.81. The Hall–Kier alpha value is -1.99. The molecule has 1 aromatic carbocycles. The van der Waals surface area contributed by atoms with Crippen LogP contribution in [0.15, 0.2) is 18.2 Å². The summed E-state index contributed by atoms with van der Waals surface area (Å²) >= 11 is 0. The van der Waals surface area contributed by atoms with E-state index in [2.05, 4.69) is 5.32 Å². The molecule has 0 aliphatic carbocycles. The van der Waals surface area contributed by atoms with Gasteiger partial charge >= 0.3 is 0 Å². The fourth-order valence-electron chi connectivity index (χ4n) is 3.38. The predicted octanol–water partition coefficient (Wildman–Crippen LogP) is 1.07. The van der Waals surface area contributed by atoms with Gasteiger partial charge in [0.25, 0.3) is 5.91 Å². The van der Waals surface area contributed by atoms with Crippen molar-refractivity contribution in [3.05, 3.63) is 35.1 Å². The number of nitrogens with one attached hydrogen (secondary N) is 1. The van der Waals surface area contributed by atoms with Crippen molar-refractivity contribution in [3.63, 3.8) is 0 Å². The lowest BCUT2D eigenvalue weighted by molar-refractivity contribution is -0.142. The van der Waals surface area contributed by atoms with Crippen LogP contribution in [0.1, 0.15) is 24.0 Å². The monoisotopic (exact) mass is 363 g/mol. The van der Waals surface area contributed by atoms with E-state index in [1.807, 2.05) is 9.80 Å². The van der Waals surface area contributed by atoms with Crippen molar-refractivity contribution in [1.29, 1.82) is 0 Å². The van der Waals surface area contributed by atoms with Crippen molar-refractivity contribution >= 4 is 11.8 Å². The molecule has 1 aromatic rings. The van der Waals surface area contributed by atoms with Crippen LogP contribution < -0.4 is 5.32 Å². The van der Waals surface area contributed by atoms with E-state index in [4.69, 9.17) is 4.74 Å². The van der Waals surface area contributed by atoms with E-state index in [-0.39, 0.29) is 23.7 Å². The summed E-state index contributed by atoms with van der Waals surface area (Å²) in [5.41, 5.74) is 1.45. The average molecular weight is 363 g/mol. The Morgan fingerprint density at radius 3 is 2.69 bits per heavy atom. The van der Waals surface area contributed by atoms with Gasteiger partial charge in [-0.05, 0) is 37.0 Å². The Morgan fingerprint density at radius 2 is 2.04 bits per heavy atom. The van der Waals surface area contributed by atoms with Gasteiger partial charge in [-0.15, -0.1) is 0 Å². The van der Waals surface area contributed by atoms with Crippen molar-refractivity contribution in [3.8, 4) is 0 Å². The molecule has 7 heteroatoms. The van der Waals surface area contributed by atoms with Crippen LogP contribution in [0, 0.1) is 12.7 Å². The lowest BCUT2D eigenvalue weighted by Gasteiger charge is -2.35. The fourth-order valence-corrected chi connectivity index (χ4v) is 3.38. The first kappa shape index (κ1) is 18.8. The van der Waals surface area contributed by atoms with E-state index in [9.17, 15) is 14.0 Å². The number of ether oxygens (including phenoxy) is 1. The third-order valence-electron chi connectivity index (χ3n) is 4.97. The summed E-state index contributed by atoms with van der Waals surface area (Å²) in [6, 6.07) is 4.84. The standard InChI is InChI=1S/C19H26FN3O3/c1-14-11-15(4-5-16(14)20)12-21-18(24)13-22-6-8-23(9-7-22)19(25)17-3-2-10-26-17/h4-5,11,17H,2-3,6-10,12-13H2,1H3,(H,21,24). The fraction of sp³-hybridized carbons (Fsp3) is 0.579. The first-order chi connectivity index (χ1) is 12.5. The molecule has 2 aliphatic rings. The summed E-state index contributed by atoms with van der Waals surface area (Å²) in [6.45, 7) is 5.69. The van der Waals surface area contributed by atoms with Gasteiger partial charge in [0.15, 0.2) is 0 Å². The molecule has 0 aromatic heterocycles. The third kappa shape index (κ3) is 4.80. The van der Waals surface area contributed by atoms with Gasteiger partial charge in [-0.2, -0.15) is 0 Å². The van der Waals surface area contributed by atoms with Crippen molar-refractivity contribution < 1.29 is 18.7 Å². The molecule has 26 heavy (non-hydrogen) atoms. The number of hydrogen-bond acceptors (Lipinski definition) is 4. The van der Waals surface area contributed by atoms with E-state index < -0.39 is 0 Å². The molecule has 1 N–H and O–H groups in total. The molecular formula is C19H26FN3O3. The molecule has 142 valence electrons. The predicted molar refractivity (Wildman–Crippen MR) is 95.0 cm³/mol. The van der Waals surface area contributed by atoms with Crippen LogP contribution in [-0.4, -0.2) is 67.0 Å².